The van der Waals surface area contributed by atoms with Crippen LogP contribution in [-0.4, -0.2) is 55.2 Å². The SMILES string of the molecule is CC(=O)O.CC(=O)[O-].CC(=O)[O-].CC(=O)[O-].NCCNCCNCc1ccccc1.[Eu+3]. The van der Waals surface area contributed by atoms with Crippen molar-refractivity contribution in [3.8, 4) is 0 Å². The molecule has 0 amide bonds. The molecule has 0 aliphatic rings. The summed E-state index contributed by atoms with van der Waals surface area (Å²) < 4.78 is 0. The minimum Gasteiger partial charge on any atom is -0.550 e. The van der Waals surface area contributed by atoms with Gasteiger partial charge in [0.25, 0.3) is 5.97 Å². The summed E-state index contributed by atoms with van der Waals surface area (Å²) in [7, 11) is 0. The number of aliphatic carboxylic acids is 4. The molecular weight excluding hydrogens is 550 g/mol. The first-order chi connectivity index (χ1) is 13.9. The fourth-order valence-electron chi connectivity index (χ4n) is 1.23. The third kappa shape index (κ3) is 95.0. The maximum absolute atomic E-state index is 9.00. The first-order valence-electron chi connectivity index (χ1n) is 8.74. The zero-order chi connectivity index (χ0) is 24.4. The molecule has 0 spiro atoms. The minimum absolute atomic E-state index is 0. The molecule has 11 nitrogen and oxygen atoms in total. The van der Waals surface area contributed by atoms with Gasteiger partial charge in [0, 0.05) is 57.6 Å². The molecule has 178 valence electrons. The molecule has 0 heterocycles. The zero-order valence-electron chi connectivity index (χ0n) is 18.2. The molecule has 0 radical (unpaired) electrons. The Kier molecular flexibility index (Phi) is 42.8. The molecule has 0 saturated heterocycles. The van der Waals surface area contributed by atoms with Gasteiger partial charge < -0.3 is 51.2 Å². The summed E-state index contributed by atoms with van der Waals surface area (Å²) in [4.78, 5) is 35.7. The van der Waals surface area contributed by atoms with Crippen LogP contribution in [0.1, 0.15) is 33.3 Å². The van der Waals surface area contributed by atoms with Gasteiger partial charge in [0.15, 0.2) is 0 Å². The van der Waals surface area contributed by atoms with Gasteiger partial charge in [0.1, 0.15) is 0 Å². The molecule has 31 heavy (non-hydrogen) atoms. The standard InChI is InChI=1S/C11H19N3.4C2H4O2.Eu/c12-6-7-13-8-9-14-10-11-4-2-1-3-5-11;4*1-2(3)4;/h1-5,13-14H,6-10,12H2;4*1H3,(H,3,4);/q;;;;;+3/p-3. The van der Waals surface area contributed by atoms with E-state index >= 15 is 0 Å². The van der Waals surface area contributed by atoms with E-state index in [1.165, 1.54) is 5.56 Å². The number of benzene rings is 1. The molecule has 1 rings (SSSR count). The van der Waals surface area contributed by atoms with E-state index in [9.17, 15) is 0 Å². The van der Waals surface area contributed by atoms with Gasteiger partial charge in [-0.1, -0.05) is 30.3 Å². The van der Waals surface area contributed by atoms with Crippen molar-refractivity contribution in [1.82, 2.24) is 10.6 Å². The van der Waals surface area contributed by atoms with Crippen LogP contribution in [0.5, 0.6) is 0 Å². The Morgan fingerprint density at radius 1 is 0.806 bits per heavy atom. The summed E-state index contributed by atoms with van der Waals surface area (Å²) in [5.41, 5.74) is 6.68. The second-order valence-electron chi connectivity index (χ2n) is 5.19. The van der Waals surface area contributed by atoms with Gasteiger partial charge in [-0.25, -0.2) is 0 Å². The van der Waals surface area contributed by atoms with Crippen LogP contribution >= 0.6 is 0 Å². The van der Waals surface area contributed by atoms with Crippen molar-refractivity contribution >= 4 is 23.9 Å². The van der Waals surface area contributed by atoms with Crippen LogP contribution in [0.2, 0.25) is 0 Å². The molecule has 1 aromatic rings. The number of carboxylic acids is 4. The number of hydrogen-bond acceptors (Lipinski definition) is 10. The van der Waals surface area contributed by atoms with E-state index in [4.69, 9.17) is 45.3 Å². The number of carbonyl (C=O) groups is 4. The average Bonchev–Trinajstić information content (AvgIpc) is 2.57. The summed E-state index contributed by atoms with van der Waals surface area (Å²) in [5.74, 6) is -4.08. The predicted molar refractivity (Wildman–Crippen MR) is 105 cm³/mol. The predicted octanol–water partition coefficient (Wildman–Crippen LogP) is -3.32. The molecule has 0 aliphatic heterocycles. The first-order valence-corrected chi connectivity index (χ1v) is 8.74. The summed E-state index contributed by atoms with van der Waals surface area (Å²) in [5, 5.41) is 40.7. The fraction of sp³-hybridized carbons (Fsp3) is 0.474. The number of hydrogen-bond donors (Lipinski definition) is 4. The second-order valence-corrected chi connectivity index (χ2v) is 5.19. The minimum atomic E-state index is -1.08. The second kappa shape index (κ2) is 33.2. The Morgan fingerprint density at radius 2 is 1.13 bits per heavy atom. The number of nitrogens with one attached hydrogen (secondary N) is 2. The van der Waals surface area contributed by atoms with E-state index in [2.05, 4.69) is 34.9 Å². The number of rotatable bonds is 7. The third-order valence-corrected chi connectivity index (χ3v) is 1.97. The topological polar surface area (TPSA) is 208 Å². The van der Waals surface area contributed by atoms with Crippen molar-refractivity contribution in [2.24, 2.45) is 5.73 Å². The van der Waals surface area contributed by atoms with Crippen LogP contribution in [0.3, 0.4) is 0 Å². The normalized spacial score (nSPS) is 7.90. The monoisotopic (exact) mass is 583 g/mol. The Labute approximate surface area is 224 Å². The van der Waals surface area contributed by atoms with Crippen molar-refractivity contribution in [3.63, 3.8) is 0 Å². The maximum Gasteiger partial charge on any atom is 3.00 e. The van der Waals surface area contributed by atoms with E-state index in [1.807, 2.05) is 6.07 Å². The van der Waals surface area contributed by atoms with Crippen LogP contribution in [0.25, 0.3) is 0 Å². The van der Waals surface area contributed by atoms with Crippen molar-refractivity contribution in [2.75, 3.05) is 26.2 Å². The molecular formula is C19H32EuN3O8. The van der Waals surface area contributed by atoms with Gasteiger partial charge in [0.2, 0.25) is 0 Å². The molecule has 0 aliphatic carbocycles. The van der Waals surface area contributed by atoms with Crippen LogP contribution in [-0.2, 0) is 25.7 Å². The van der Waals surface area contributed by atoms with Crippen molar-refractivity contribution < 1.29 is 89.0 Å². The van der Waals surface area contributed by atoms with Crippen LogP contribution in [0.4, 0.5) is 0 Å². The Hall–Kier alpha value is -1.44. The van der Waals surface area contributed by atoms with E-state index in [-0.39, 0.29) is 49.4 Å². The maximum atomic E-state index is 9.00. The summed E-state index contributed by atoms with van der Waals surface area (Å²) in [6, 6.07) is 10.4. The molecule has 0 atom stereocenters. The van der Waals surface area contributed by atoms with Gasteiger partial charge in [-0.15, -0.1) is 0 Å². The van der Waals surface area contributed by atoms with Gasteiger partial charge in [-0.05, 0) is 26.3 Å². The van der Waals surface area contributed by atoms with Crippen LogP contribution < -0.4 is 31.7 Å². The zero-order valence-corrected chi connectivity index (χ0v) is 20.6. The third-order valence-electron chi connectivity index (χ3n) is 1.97. The molecule has 1 aromatic carbocycles. The molecule has 0 unspecified atom stereocenters. The molecule has 12 heteroatoms. The smallest absolute Gasteiger partial charge is 0.550 e. The Balaban J connectivity index is -0.000000110. The molecule has 5 N–H and O–H groups in total. The number of nitrogens with two attached hydrogens (primary N) is 1. The van der Waals surface area contributed by atoms with Crippen LogP contribution in [0.15, 0.2) is 30.3 Å². The van der Waals surface area contributed by atoms with Gasteiger partial charge in [-0.3, -0.25) is 4.79 Å². The molecule has 0 saturated carbocycles. The quantitative estimate of drug-likeness (QED) is 0.234. The number of carbonyl (C=O) groups excluding carboxylic acids is 3. The molecule has 0 aromatic heterocycles. The van der Waals surface area contributed by atoms with Crippen molar-refractivity contribution in [1.29, 1.82) is 0 Å². The molecule has 0 fully saturated rings. The van der Waals surface area contributed by atoms with E-state index in [0.717, 1.165) is 53.9 Å². The first kappa shape index (κ1) is 40.0. The van der Waals surface area contributed by atoms with Crippen LogP contribution in [0, 0.1) is 49.4 Å². The van der Waals surface area contributed by atoms with Crippen molar-refractivity contribution in [2.45, 2.75) is 34.2 Å². The Morgan fingerprint density at radius 3 is 1.45 bits per heavy atom. The number of carboxylic acid groups (broad SMARTS) is 4. The van der Waals surface area contributed by atoms with Gasteiger partial charge in [0.05, 0.1) is 0 Å². The van der Waals surface area contributed by atoms with Gasteiger partial charge in [-0.2, -0.15) is 0 Å². The fourth-order valence-corrected chi connectivity index (χ4v) is 1.23. The summed E-state index contributed by atoms with van der Waals surface area (Å²) in [6.45, 7) is 8.50. The van der Waals surface area contributed by atoms with E-state index in [0.29, 0.717) is 6.54 Å². The largest absolute Gasteiger partial charge is 3.00 e. The van der Waals surface area contributed by atoms with Crippen molar-refractivity contribution in [3.05, 3.63) is 35.9 Å². The average molecular weight is 582 g/mol. The summed E-state index contributed by atoms with van der Waals surface area (Å²) >= 11 is 0. The Bertz CT molecular complexity index is 496. The molecule has 0 bridgehead atoms. The van der Waals surface area contributed by atoms with E-state index in [1.54, 1.807) is 0 Å². The van der Waals surface area contributed by atoms with E-state index < -0.39 is 23.9 Å². The summed E-state index contributed by atoms with van der Waals surface area (Å²) in [6.07, 6.45) is 0. The van der Waals surface area contributed by atoms with Gasteiger partial charge >= 0.3 is 49.4 Å².